The van der Waals surface area contributed by atoms with Gasteiger partial charge in [-0.05, 0) is 62.6 Å². The maximum Gasteiger partial charge on any atom is 0.321 e. The summed E-state index contributed by atoms with van der Waals surface area (Å²) in [6.07, 6.45) is 8.29. The summed E-state index contributed by atoms with van der Waals surface area (Å²) >= 11 is 0. The third-order valence-electron chi connectivity index (χ3n) is 7.12. The van der Waals surface area contributed by atoms with Crippen LogP contribution in [0.4, 0.5) is 0 Å². The molecule has 1 aromatic rings. The van der Waals surface area contributed by atoms with Crippen molar-refractivity contribution in [3.05, 3.63) is 35.9 Å². The molecule has 0 aliphatic carbocycles. The van der Waals surface area contributed by atoms with Crippen molar-refractivity contribution < 1.29 is 23.1 Å². The molecule has 2 heterocycles. The summed E-state index contributed by atoms with van der Waals surface area (Å²) in [6, 6.07) is 7.29. The minimum absolute atomic E-state index is 0.0191. The van der Waals surface area contributed by atoms with Crippen molar-refractivity contribution in [1.29, 1.82) is 0 Å². The fourth-order valence-corrected chi connectivity index (χ4v) is 6.41. The highest BCUT2D eigenvalue weighted by molar-refractivity contribution is 7.88. The van der Waals surface area contributed by atoms with Crippen LogP contribution in [0.25, 0.3) is 0 Å². The third kappa shape index (κ3) is 9.00. The minimum Gasteiger partial charge on any atom is -0.480 e. The van der Waals surface area contributed by atoms with Crippen LogP contribution in [0.2, 0.25) is 0 Å². The van der Waals surface area contributed by atoms with E-state index in [1.807, 2.05) is 0 Å². The second kappa shape index (κ2) is 13.2. The first-order valence-corrected chi connectivity index (χ1v) is 14.2. The van der Waals surface area contributed by atoms with E-state index in [2.05, 4.69) is 10.0 Å². The second-order valence-corrected chi connectivity index (χ2v) is 11.5. The van der Waals surface area contributed by atoms with Gasteiger partial charge in [-0.25, -0.2) is 13.1 Å². The normalized spacial score (nSPS) is 19.1. The lowest BCUT2D eigenvalue weighted by Crippen LogP contribution is -2.43. The Bertz CT molecular complexity index is 879. The zero-order valence-corrected chi connectivity index (χ0v) is 20.8. The number of piperidine rings is 2. The van der Waals surface area contributed by atoms with Crippen LogP contribution in [0.1, 0.15) is 63.4 Å². The molecule has 1 amide bonds. The quantitative estimate of drug-likeness (QED) is 0.412. The Morgan fingerprint density at radius 2 is 1.65 bits per heavy atom. The molecular weight excluding hydrogens is 454 g/mol. The summed E-state index contributed by atoms with van der Waals surface area (Å²) in [6.45, 7) is 3.69. The molecule has 0 saturated carbocycles. The van der Waals surface area contributed by atoms with E-state index in [4.69, 9.17) is 0 Å². The fraction of sp³-hybridized carbons (Fsp3) is 0.680. The SMILES string of the molecule is O=C(O)[C@H](CCC(=O)N1CCC(CCCC2CCNCC2)CC1)NS(=O)(=O)Cc1ccccc1. The smallest absolute Gasteiger partial charge is 0.321 e. The van der Waals surface area contributed by atoms with E-state index in [0.717, 1.165) is 31.8 Å². The first kappa shape index (κ1) is 26.6. The average molecular weight is 494 g/mol. The number of sulfonamides is 1. The van der Waals surface area contributed by atoms with Gasteiger partial charge >= 0.3 is 5.97 Å². The number of benzene rings is 1. The van der Waals surface area contributed by atoms with Crippen LogP contribution in [0.15, 0.2) is 30.3 Å². The molecule has 2 aliphatic heterocycles. The number of carbonyl (C=O) groups is 2. The Balaban J connectivity index is 1.37. The van der Waals surface area contributed by atoms with Crippen molar-refractivity contribution in [1.82, 2.24) is 14.9 Å². The maximum atomic E-state index is 12.7. The summed E-state index contributed by atoms with van der Waals surface area (Å²) in [5, 5.41) is 12.9. The molecule has 2 saturated heterocycles. The van der Waals surface area contributed by atoms with Crippen LogP contribution in [0.5, 0.6) is 0 Å². The summed E-state index contributed by atoms with van der Waals surface area (Å²) in [5.41, 5.74) is 0.578. The molecule has 3 N–H and O–H groups in total. The van der Waals surface area contributed by atoms with Crippen LogP contribution in [-0.2, 0) is 25.4 Å². The lowest BCUT2D eigenvalue weighted by atomic mass is 9.87. The van der Waals surface area contributed by atoms with Crippen molar-refractivity contribution in [2.45, 2.75) is 69.6 Å². The van der Waals surface area contributed by atoms with Crippen molar-refractivity contribution in [3.8, 4) is 0 Å². The number of hydrogen-bond donors (Lipinski definition) is 3. The molecule has 2 fully saturated rings. The molecule has 0 unspecified atom stereocenters. The Morgan fingerprint density at radius 1 is 1.03 bits per heavy atom. The number of carboxylic acids is 1. The lowest BCUT2D eigenvalue weighted by Gasteiger charge is -2.32. The van der Waals surface area contributed by atoms with Crippen LogP contribution < -0.4 is 10.0 Å². The summed E-state index contributed by atoms with van der Waals surface area (Å²) in [4.78, 5) is 26.1. The van der Waals surface area contributed by atoms with E-state index in [0.29, 0.717) is 24.6 Å². The average Bonchev–Trinajstić information content (AvgIpc) is 2.83. The van der Waals surface area contributed by atoms with Crippen molar-refractivity contribution >= 4 is 21.9 Å². The number of amides is 1. The first-order chi connectivity index (χ1) is 16.3. The van der Waals surface area contributed by atoms with Gasteiger partial charge in [0.15, 0.2) is 0 Å². The van der Waals surface area contributed by atoms with Gasteiger partial charge in [-0.1, -0.05) is 49.6 Å². The number of rotatable bonds is 12. The van der Waals surface area contributed by atoms with E-state index in [9.17, 15) is 23.1 Å². The predicted octanol–water partition coefficient (Wildman–Crippen LogP) is 2.75. The van der Waals surface area contributed by atoms with Gasteiger partial charge in [0.25, 0.3) is 0 Å². The van der Waals surface area contributed by atoms with Crippen LogP contribution in [0.3, 0.4) is 0 Å². The summed E-state index contributed by atoms with van der Waals surface area (Å²) in [5.74, 6) is -0.146. The Morgan fingerprint density at radius 3 is 2.26 bits per heavy atom. The van der Waals surface area contributed by atoms with E-state index in [1.54, 1.807) is 35.2 Å². The van der Waals surface area contributed by atoms with Gasteiger partial charge < -0.3 is 15.3 Å². The Hall–Kier alpha value is -1.97. The number of nitrogens with one attached hydrogen (secondary N) is 2. The van der Waals surface area contributed by atoms with Gasteiger partial charge in [0.2, 0.25) is 15.9 Å². The van der Waals surface area contributed by atoms with Crippen LogP contribution >= 0.6 is 0 Å². The topological polar surface area (TPSA) is 116 Å². The molecule has 0 aromatic heterocycles. The van der Waals surface area contributed by atoms with E-state index in [1.165, 1.54) is 32.1 Å². The molecule has 0 spiro atoms. The number of nitrogens with zero attached hydrogens (tertiary/aromatic N) is 1. The number of carbonyl (C=O) groups excluding carboxylic acids is 1. The van der Waals surface area contributed by atoms with Gasteiger partial charge in [-0.3, -0.25) is 9.59 Å². The molecule has 34 heavy (non-hydrogen) atoms. The number of hydrogen-bond acceptors (Lipinski definition) is 5. The Labute approximate surface area is 203 Å². The monoisotopic (exact) mass is 493 g/mol. The van der Waals surface area contributed by atoms with Gasteiger partial charge in [-0.2, -0.15) is 0 Å². The number of aliphatic carboxylic acids is 1. The maximum absolute atomic E-state index is 12.7. The molecule has 2 aliphatic rings. The molecule has 1 atom stereocenters. The molecule has 8 nitrogen and oxygen atoms in total. The van der Waals surface area contributed by atoms with E-state index >= 15 is 0 Å². The van der Waals surface area contributed by atoms with E-state index in [-0.39, 0.29) is 24.5 Å². The van der Waals surface area contributed by atoms with Crippen molar-refractivity contribution in [2.24, 2.45) is 11.8 Å². The third-order valence-corrected chi connectivity index (χ3v) is 8.47. The van der Waals surface area contributed by atoms with E-state index < -0.39 is 22.0 Å². The summed E-state index contributed by atoms with van der Waals surface area (Å²) in [7, 11) is -3.84. The molecular formula is C25H39N3O5S. The predicted molar refractivity (Wildman–Crippen MR) is 132 cm³/mol. The summed E-state index contributed by atoms with van der Waals surface area (Å²) < 4.78 is 27.1. The fourth-order valence-electron chi connectivity index (χ4n) is 5.05. The zero-order chi connectivity index (χ0) is 24.4. The second-order valence-electron chi connectivity index (χ2n) is 9.74. The zero-order valence-electron chi connectivity index (χ0n) is 20.0. The highest BCUT2D eigenvalue weighted by atomic mass is 32.2. The Kier molecular flexibility index (Phi) is 10.3. The van der Waals surface area contributed by atoms with Gasteiger partial charge in [0.1, 0.15) is 6.04 Å². The highest BCUT2D eigenvalue weighted by Gasteiger charge is 2.27. The van der Waals surface area contributed by atoms with Gasteiger partial charge in [-0.15, -0.1) is 0 Å². The lowest BCUT2D eigenvalue weighted by molar-refractivity contribution is -0.139. The number of likely N-dealkylation sites (tertiary alicyclic amines) is 1. The standard InChI is InChI=1S/C25H39N3O5S/c29-24(28-17-13-21(14-18-28)8-4-7-20-11-15-26-16-12-20)10-9-23(25(30)31)27-34(32,33)19-22-5-2-1-3-6-22/h1-3,5-6,20-21,23,26-27H,4,7-19H2,(H,30,31)/t23-/m0/s1. The molecule has 190 valence electrons. The molecule has 9 heteroatoms. The largest absolute Gasteiger partial charge is 0.480 e. The molecule has 0 radical (unpaired) electrons. The number of carboxylic acid groups (broad SMARTS) is 1. The molecule has 3 rings (SSSR count). The minimum atomic E-state index is -3.84. The highest BCUT2D eigenvalue weighted by Crippen LogP contribution is 2.26. The van der Waals surface area contributed by atoms with Crippen LogP contribution in [-0.4, -0.2) is 62.5 Å². The van der Waals surface area contributed by atoms with Crippen molar-refractivity contribution in [2.75, 3.05) is 26.2 Å². The molecule has 1 aromatic carbocycles. The van der Waals surface area contributed by atoms with Gasteiger partial charge in [0.05, 0.1) is 5.75 Å². The van der Waals surface area contributed by atoms with Crippen molar-refractivity contribution in [3.63, 3.8) is 0 Å². The van der Waals surface area contributed by atoms with Crippen LogP contribution in [0, 0.1) is 11.8 Å². The van der Waals surface area contributed by atoms with Gasteiger partial charge in [0, 0.05) is 19.5 Å². The molecule has 0 bridgehead atoms. The first-order valence-electron chi connectivity index (χ1n) is 12.6.